The fourth-order valence-electron chi connectivity index (χ4n) is 2.58. The summed E-state index contributed by atoms with van der Waals surface area (Å²) in [5.74, 6) is -0.261. The number of aromatic nitrogens is 3. The molecule has 1 aromatic carbocycles. The Kier molecular flexibility index (Phi) is 3.90. The first-order valence-corrected chi connectivity index (χ1v) is 7.49. The molecule has 0 saturated carbocycles. The molecule has 1 amide bonds. The van der Waals surface area contributed by atoms with Crippen molar-refractivity contribution in [2.24, 2.45) is 0 Å². The molecule has 3 aromatic rings. The Morgan fingerprint density at radius 1 is 1.36 bits per heavy atom. The quantitative estimate of drug-likeness (QED) is 0.777. The Balaban J connectivity index is 1.69. The Labute approximate surface area is 133 Å². The van der Waals surface area contributed by atoms with Crippen molar-refractivity contribution in [1.29, 1.82) is 0 Å². The van der Waals surface area contributed by atoms with Crippen LogP contribution in [0.3, 0.4) is 0 Å². The molecule has 6 heteroatoms. The number of para-hydroxylation sites is 1. The van der Waals surface area contributed by atoms with E-state index in [-0.39, 0.29) is 11.6 Å². The average molecular weight is 317 g/mol. The molecule has 0 bridgehead atoms. The van der Waals surface area contributed by atoms with Crippen LogP contribution in [0.5, 0.6) is 0 Å². The number of hydrogen-bond donors (Lipinski definition) is 2. The van der Waals surface area contributed by atoms with Crippen LogP contribution < -0.4 is 5.32 Å². The molecule has 0 aliphatic rings. The predicted octanol–water partition coefficient (Wildman–Crippen LogP) is 3.06. The van der Waals surface area contributed by atoms with E-state index in [4.69, 9.17) is 11.6 Å². The van der Waals surface area contributed by atoms with Crippen molar-refractivity contribution >= 4 is 28.4 Å². The molecule has 0 saturated heterocycles. The van der Waals surface area contributed by atoms with Crippen molar-refractivity contribution in [3.63, 3.8) is 0 Å². The summed E-state index contributed by atoms with van der Waals surface area (Å²) in [7, 11) is 0. The van der Waals surface area contributed by atoms with Crippen LogP contribution in [0.4, 0.5) is 0 Å². The number of aromatic amines is 1. The molecule has 0 aliphatic heterocycles. The maximum atomic E-state index is 12.1. The second kappa shape index (κ2) is 5.85. The molecule has 114 valence electrons. The second-order valence-electron chi connectivity index (χ2n) is 5.26. The van der Waals surface area contributed by atoms with Crippen LogP contribution in [0.1, 0.15) is 21.9 Å². The number of amides is 1. The summed E-state index contributed by atoms with van der Waals surface area (Å²) in [6.45, 7) is 5.06. The number of nitrogens with one attached hydrogen (secondary N) is 2. The smallest absolute Gasteiger partial charge is 0.273 e. The summed E-state index contributed by atoms with van der Waals surface area (Å²) in [6, 6.07) is 10.4. The molecule has 2 aromatic heterocycles. The molecule has 0 aliphatic carbocycles. The maximum absolute atomic E-state index is 12.1. The molecular formula is C16H17ClN4O. The largest absolute Gasteiger partial charge is 0.349 e. The van der Waals surface area contributed by atoms with Crippen LogP contribution in [-0.2, 0) is 6.54 Å². The summed E-state index contributed by atoms with van der Waals surface area (Å²) in [5.41, 5.74) is 3.28. The number of fused-ring (bicyclic) bond motifs is 1. The minimum Gasteiger partial charge on any atom is -0.349 e. The lowest BCUT2D eigenvalue weighted by Crippen LogP contribution is -2.28. The molecule has 0 atom stereocenters. The van der Waals surface area contributed by atoms with Gasteiger partial charge in [-0.1, -0.05) is 29.8 Å². The van der Waals surface area contributed by atoms with Crippen molar-refractivity contribution in [2.75, 3.05) is 6.54 Å². The number of rotatable bonds is 4. The third-order valence-corrected chi connectivity index (χ3v) is 4.19. The van der Waals surface area contributed by atoms with Crippen LogP contribution in [0, 0.1) is 13.8 Å². The minimum atomic E-state index is -0.261. The minimum absolute atomic E-state index is 0.244. The van der Waals surface area contributed by atoms with E-state index in [0.29, 0.717) is 23.8 Å². The van der Waals surface area contributed by atoms with E-state index < -0.39 is 0 Å². The van der Waals surface area contributed by atoms with Crippen LogP contribution >= 0.6 is 11.6 Å². The van der Waals surface area contributed by atoms with Crippen LogP contribution in [0.2, 0.25) is 5.02 Å². The van der Waals surface area contributed by atoms with Crippen molar-refractivity contribution < 1.29 is 4.79 Å². The van der Waals surface area contributed by atoms with Gasteiger partial charge in [0, 0.05) is 24.3 Å². The number of nitrogens with zero attached hydrogens (tertiary/aromatic N) is 2. The van der Waals surface area contributed by atoms with Crippen molar-refractivity contribution in [2.45, 2.75) is 20.4 Å². The van der Waals surface area contributed by atoms with Gasteiger partial charge in [-0.25, -0.2) is 0 Å². The first kappa shape index (κ1) is 14.7. The summed E-state index contributed by atoms with van der Waals surface area (Å²) in [6.07, 6.45) is 0. The van der Waals surface area contributed by atoms with Crippen LogP contribution in [0.25, 0.3) is 10.9 Å². The molecule has 3 rings (SSSR count). The van der Waals surface area contributed by atoms with Gasteiger partial charge in [-0.05, 0) is 31.4 Å². The number of hydrogen-bond acceptors (Lipinski definition) is 2. The molecular weight excluding hydrogens is 300 g/mol. The molecule has 0 unspecified atom stereocenters. The topological polar surface area (TPSA) is 62.7 Å². The van der Waals surface area contributed by atoms with Crippen LogP contribution in [-0.4, -0.2) is 27.2 Å². The molecule has 0 radical (unpaired) electrons. The lowest BCUT2D eigenvalue weighted by atomic mass is 10.2. The number of H-pyrrole nitrogens is 1. The van der Waals surface area contributed by atoms with Gasteiger partial charge in [0.25, 0.3) is 5.91 Å². The van der Waals surface area contributed by atoms with Gasteiger partial charge in [-0.2, -0.15) is 5.10 Å². The lowest BCUT2D eigenvalue weighted by Gasteiger charge is -2.09. The van der Waals surface area contributed by atoms with Gasteiger partial charge < -0.3 is 9.88 Å². The molecule has 0 spiro atoms. The van der Waals surface area contributed by atoms with Gasteiger partial charge in [0.2, 0.25) is 0 Å². The molecule has 2 N–H and O–H groups in total. The third-order valence-electron chi connectivity index (χ3n) is 3.73. The number of carbonyl (C=O) groups is 1. The predicted molar refractivity (Wildman–Crippen MR) is 87.3 cm³/mol. The van der Waals surface area contributed by atoms with Gasteiger partial charge in [0.15, 0.2) is 5.69 Å². The summed E-state index contributed by atoms with van der Waals surface area (Å²) >= 11 is 6.03. The van der Waals surface area contributed by atoms with E-state index in [0.717, 1.165) is 0 Å². The first-order valence-electron chi connectivity index (χ1n) is 7.11. The number of benzene rings is 1. The van der Waals surface area contributed by atoms with Crippen molar-refractivity contribution in [3.05, 3.63) is 52.4 Å². The first-order chi connectivity index (χ1) is 10.6. The number of aryl methyl sites for hydroxylation is 2. The highest BCUT2D eigenvalue weighted by molar-refractivity contribution is 6.34. The molecule has 0 fully saturated rings. The summed E-state index contributed by atoms with van der Waals surface area (Å²) in [4.78, 5) is 12.1. The van der Waals surface area contributed by atoms with E-state index in [1.807, 2.05) is 12.1 Å². The maximum Gasteiger partial charge on any atom is 0.273 e. The number of halogens is 1. The van der Waals surface area contributed by atoms with E-state index >= 15 is 0 Å². The molecule has 5 nitrogen and oxygen atoms in total. The monoisotopic (exact) mass is 316 g/mol. The zero-order valence-corrected chi connectivity index (χ0v) is 13.2. The number of carbonyl (C=O) groups excluding carboxylic acids is 1. The van der Waals surface area contributed by atoms with Gasteiger partial charge in [0.05, 0.1) is 10.7 Å². The normalized spacial score (nSPS) is 11.0. The Hall–Kier alpha value is -2.27. The third kappa shape index (κ3) is 2.60. The standard InChI is InChI=1S/C16H17ClN4O/c1-10-9-12-5-3-4-6-13(12)21(10)8-7-18-16(22)15-14(17)11(2)19-20-15/h3-6,9H,7-8H2,1-2H3,(H,18,22)(H,19,20). The highest BCUT2D eigenvalue weighted by Crippen LogP contribution is 2.19. The fourth-order valence-corrected chi connectivity index (χ4v) is 2.75. The Morgan fingerprint density at radius 3 is 2.86 bits per heavy atom. The van der Waals surface area contributed by atoms with E-state index in [1.54, 1.807) is 6.92 Å². The van der Waals surface area contributed by atoms with E-state index in [9.17, 15) is 4.79 Å². The summed E-state index contributed by atoms with van der Waals surface area (Å²) in [5, 5.41) is 11.1. The zero-order chi connectivity index (χ0) is 15.7. The van der Waals surface area contributed by atoms with Gasteiger partial charge >= 0.3 is 0 Å². The molecule has 2 heterocycles. The van der Waals surface area contributed by atoms with E-state index in [1.165, 1.54) is 16.6 Å². The SMILES string of the molecule is Cc1[nH]nc(C(=O)NCCn2c(C)cc3ccccc32)c1Cl. The fraction of sp³-hybridized carbons (Fsp3) is 0.250. The van der Waals surface area contributed by atoms with Crippen molar-refractivity contribution in [1.82, 2.24) is 20.1 Å². The Morgan fingerprint density at radius 2 is 2.14 bits per heavy atom. The van der Waals surface area contributed by atoms with E-state index in [2.05, 4.69) is 45.2 Å². The average Bonchev–Trinajstić information content (AvgIpc) is 3.00. The van der Waals surface area contributed by atoms with Gasteiger partial charge in [-0.3, -0.25) is 9.89 Å². The van der Waals surface area contributed by atoms with Gasteiger partial charge in [-0.15, -0.1) is 0 Å². The Bertz CT molecular complexity index is 834. The second-order valence-corrected chi connectivity index (χ2v) is 5.64. The van der Waals surface area contributed by atoms with Crippen LogP contribution in [0.15, 0.2) is 30.3 Å². The molecule has 22 heavy (non-hydrogen) atoms. The summed E-state index contributed by atoms with van der Waals surface area (Å²) < 4.78 is 2.19. The van der Waals surface area contributed by atoms with Gasteiger partial charge in [0.1, 0.15) is 0 Å². The van der Waals surface area contributed by atoms with Crippen molar-refractivity contribution in [3.8, 4) is 0 Å². The lowest BCUT2D eigenvalue weighted by molar-refractivity contribution is 0.0947. The zero-order valence-electron chi connectivity index (χ0n) is 12.5. The highest BCUT2D eigenvalue weighted by Gasteiger charge is 2.15. The highest BCUT2D eigenvalue weighted by atomic mass is 35.5.